The van der Waals surface area contributed by atoms with E-state index in [1.807, 2.05) is 6.07 Å². The Morgan fingerprint density at radius 2 is 2.14 bits per heavy atom. The van der Waals surface area contributed by atoms with Crippen molar-refractivity contribution in [3.8, 4) is 0 Å². The molecule has 14 heavy (non-hydrogen) atoms. The van der Waals surface area contributed by atoms with Gasteiger partial charge in [0.15, 0.2) is 0 Å². The predicted octanol–water partition coefficient (Wildman–Crippen LogP) is 2.18. The third kappa shape index (κ3) is 1.17. The zero-order chi connectivity index (χ0) is 9.76. The standard InChI is InChI=1S/C10H9BrFNO/c11-7-1-8(12)3-9(2-7)13-4-10(13)5-14-6-10/h1-3H,4-6H2. The molecule has 0 aromatic heterocycles. The molecule has 1 aromatic rings. The molecule has 0 aliphatic carbocycles. The highest BCUT2D eigenvalue weighted by Gasteiger charge is 2.57. The average molecular weight is 258 g/mol. The first-order valence-corrected chi connectivity index (χ1v) is 5.30. The maximum atomic E-state index is 13.1. The Bertz CT molecular complexity index is 371. The van der Waals surface area contributed by atoms with Crippen LogP contribution in [0.15, 0.2) is 22.7 Å². The second-order valence-corrected chi connectivity index (χ2v) is 4.85. The minimum Gasteiger partial charge on any atom is -0.376 e. The van der Waals surface area contributed by atoms with Gasteiger partial charge in [0.25, 0.3) is 0 Å². The summed E-state index contributed by atoms with van der Waals surface area (Å²) in [6, 6.07) is 4.98. The smallest absolute Gasteiger partial charge is 0.126 e. The van der Waals surface area contributed by atoms with E-state index in [1.54, 1.807) is 6.07 Å². The Morgan fingerprint density at radius 3 is 2.64 bits per heavy atom. The molecular formula is C10H9BrFNO. The summed E-state index contributed by atoms with van der Waals surface area (Å²) in [7, 11) is 0. The Kier molecular flexibility index (Phi) is 1.67. The lowest BCUT2D eigenvalue weighted by atomic mass is 10.1. The predicted molar refractivity (Wildman–Crippen MR) is 55.0 cm³/mol. The molecule has 3 rings (SSSR count). The van der Waals surface area contributed by atoms with Gasteiger partial charge in [-0.25, -0.2) is 4.39 Å². The average Bonchev–Trinajstić information content (AvgIpc) is 2.75. The van der Waals surface area contributed by atoms with Crippen molar-refractivity contribution in [1.82, 2.24) is 0 Å². The van der Waals surface area contributed by atoms with Crippen LogP contribution >= 0.6 is 15.9 Å². The summed E-state index contributed by atoms with van der Waals surface area (Å²) < 4.78 is 19.1. The molecule has 2 fully saturated rings. The highest BCUT2D eigenvalue weighted by atomic mass is 79.9. The Morgan fingerprint density at radius 1 is 1.36 bits per heavy atom. The Hall–Kier alpha value is -0.610. The largest absolute Gasteiger partial charge is 0.376 e. The molecule has 0 unspecified atom stereocenters. The molecule has 0 atom stereocenters. The van der Waals surface area contributed by atoms with Crippen LogP contribution in [0, 0.1) is 5.82 Å². The summed E-state index contributed by atoms with van der Waals surface area (Å²) >= 11 is 3.29. The minimum absolute atomic E-state index is 0.198. The lowest BCUT2D eigenvalue weighted by Gasteiger charge is -2.27. The van der Waals surface area contributed by atoms with Crippen LogP contribution in [0.3, 0.4) is 0 Å². The van der Waals surface area contributed by atoms with E-state index < -0.39 is 0 Å². The number of hydrogen-bond acceptors (Lipinski definition) is 2. The van der Waals surface area contributed by atoms with Gasteiger partial charge in [-0.2, -0.15) is 0 Å². The van der Waals surface area contributed by atoms with Crippen molar-refractivity contribution < 1.29 is 9.13 Å². The van der Waals surface area contributed by atoms with Crippen LogP contribution in [-0.2, 0) is 4.74 Å². The Labute approximate surface area is 89.8 Å². The van der Waals surface area contributed by atoms with E-state index in [4.69, 9.17) is 4.74 Å². The zero-order valence-corrected chi connectivity index (χ0v) is 9.05. The highest BCUT2D eigenvalue weighted by Crippen LogP contribution is 2.43. The fraction of sp³-hybridized carbons (Fsp3) is 0.400. The second-order valence-electron chi connectivity index (χ2n) is 3.93. The van der Waals surface area contributed by atoms with Crippen LogP contribution in [0.5, 0.6) is 0 Å². The van der Waals surface area contributed by atoms with Crippen LogP contribution in [0.2, 0.25) is 0 Å². The van der Waals surface area contributed by atoms with Gasteiger partial charge in [0.05, 0.1) is 13.2 Å². The van der Waals surface area contributed by atoms with Crippen molar-refractivity contribution >= 4 is 21.6 Å². The Balaban J connectivity index is 1.90. The third-order valence-electron chi connectivity index (χ3n) is 2.82. The molecule has 0 saturated carbocycles. The van der Waals surface area contributed by atoms with Gasteiger partial charge in [0.1, 0.15) is 11.4 Å². The first-order chi connectivity index (χ1) is 6.70. The summed E-state index contributed by atoms with van der Waals surface area (Å²) in [5.74, 6) is -0.198. The fourth-order valence-electron chi connectivity index (χ4n) is 1.90. The number of benzene rings is 1. The zero-order valence-electron chi connectivity index (χ0n) is 7.46. The van der Waals surface area contributed by atoms with Crippen molar-refractivity contribution in [2.24, 2.45) is 0 Å². The first kappa shape index (κ1) is 8.68. The molecule has 2 aliphatic rings. The van der Waals surface area contributed by atoms with E-state index in [-0.39, 0.29) is 11.4 Å². The second kappa shape index (κ2) is 2.70. The molecule has 4 heteroatoms. The lowest BCUT2D eigenvalue weighted by molar-refractivity contribution is -0.00132. The maximum Gasteiger partial charge on any atom is 0.126 e. The van der Waals surface area contributed by atoms with E-state index in [2.05, 4.69) is 20.8 Å². The van der Waals surface area contributed by atoms with E-state index >= 15 is 0 Å². The van der Waals surface area contributed by atoms with Crippen molar-refractivity contribution in [1.29, 1.82) is 0 Å². The van der Waals surface area contributed by atoms with Gasteiger partial charge >= 0.3 is 0 Å². The van der Waals surface area contributed by atoms with Crippen molar-refractivity contribution in [2.75, 3.05) is 24.7 Å². The maximum absolute atomic E-state index is 13.1. The van der Waals surface area contributed by atoms with E-state index in [1.165, 1.54) is 6.07 Å². The van der Waals surface area contributed by atoms with Gasteiger partial charge in [-0.3, -0.25) is 0 Å². The van der Waals surface area contributed by atoms with E-state index in [9.17, 15) is 4.39 Å². The molecule has 1 spiro atoms. The summed E-state index contributed by atoms with van der Waals surface area (Å²) in [5.41, 5.74) is 1.15. The van der Waals surface area contributed by atoms with Crippen LogP contribution in [-0.4, -0.2) is 25.3 Å². The molecule has 74 valence electrons. The molecule has 0 N–H and O–H groups in total. The minimum atomic E-state index is -0.198. The lowest BCUT2D eigenvalue weighted by Crippen LogP contribution is -2.41. The highest BCUT2D eigenvalue weighted by molar-refractivity contribution is 9.10. The number of hydrogen-bond donors (Lipinski definition) is 0. The fourth-order valence-corrected chi connectivity index (χ4v) is 2.36. The molecule has 1 aromatic carbocycles. The molecule has 2 aliphatic heterocycles. The summed E-state index contributed by atoms with van der Waals surface area (Å²) in [4.78, 5) is 2.18. The molecule has 2 saturated heterocycles. The normalized spacial score (nSPS) is 22.3. The van der Waals surface area contributed by atoms with Gasteiger partial charge in [-0.1, -0.05) is 15.9 Å². The molecule has 0 amide bonds. The van der Waals surface area contributed by atoms with Gasteiger partial charge < -0.3 is 9.64 Å². The number of anilines is 1. The third-order valence-corrected chi connectivity index (χ3v) is 3.28. The van der Waals surface area contributed by atoms with E-state index in [0.29, 0.717) is 0 Å². The van der Waals surface area contributed by atoms with Crippen LogP contribution in [0.4, 0.5) is 10.1 Å². The number of halogens is 2. The molecule has 2 heterocycles. The molecule has 0 radical (unpaired) electrons. The quantitative estimate of drug-likeness (QED) is 0.716. The van der Waals surface area contributed by atoms with E-state index in [0.717, 1.165) is 29.9 Å². The van der Waals surface area contributed by atoms with Gasteiger partial charge in [0.2, 0.25) is 0 Å². The van der Waals surface area contributed by atoms with Crippen LogP contribution < -0.4 is 4.90 Å². The molecule has 2 nitrogen and oxygen atoms in total. The summed E-state index contributed by atoms with van der Waals surface area (Å²) in [6.45, 7) is 2.55. The van der Waals surface area contributed by atoms with Crippen molar-refractivity contribution in [3.05, 3.63) is 28.5 Å². The molecule has 0 bridgehead atoms. The van der Waals surface area contributed by atoms with Gasteiger partial charge in [0, 0.05) is 16.7 Å². The number of nitrogens with zero attached hydrogens (tertiary/aromatic N) is 1. The SMILES string of the molecule is Fc1cc(Br)cc(N2CC23COC3)c1. The monoisotopic (exact) mass is 257 g/mol. The van der Waals surface area contributed by atoms with Crippen molar-refractivity contribution in [2.45, 2.75) is 5.54 Å². The topological polar surface area (TPSA) is 12.2 Å². The molecular weight excluding hydrogens is 249 g/mol. The van der Waals surface area contributed by atoms with Crippen LogP contribution in [0.1, 0.15) is 0 Å². The van der Waals surface area contributed by atoms with Gasteiger partial charge in [-0.15, -0.1) is 0 Å². The van der Waals surface area contributed by atoms with Crippen molar-refractivity contribution in [3.63, 3.8) is 0 Å². The number of rotatable bonds is 1. The summed E-state index contributed by atoms with van der Waals surface area (Å²) in [6.07, 6.45) is 0. The first-order valence-electron chi connectivity index (χ1n) is 4.51. The number of ether oxygens (including phenoxy) is 1. The van der Waals surface area contributed by atoms with Crippen LogP contribution in [0.25, 0.3) is 0 Å². The van der Waals surface area contributed by atoms with Gasteiger partial charge in [-0.05, 0) is 18.2 Å². The summed E-state index contributed by atoms with van der Waals surface area (Å²) in [5, 5.41) is 0.